The van der Waals surface area contributed by atoms with Gasteiger partial charge in [0.25, 0.3) is 0 Å². The molecule has 0 spiro atoms. The number of unbranched alkanes of at least 4 members (excludes halogenated alkanes) is 16. The molecular formula is C56H113NO3S. The lowest BCUT2D eigenvalue weighted by Gasteiger charge is -2.43. The molecule has 0 heterocycles. The first kappa shape index (κ1) is 60.7. The quantitative estimate of drug-likeness (QED) is 0.0376. The van der Waals surface area contributed by atoms with Gasteiger partial charge in [0.2, 0.25) is 0 Å². The first-order chi connectivity index (χ1) is 28.9. The third-order valence-electron chi connectivity index (χ3n) is 13.7. The standard InChI is InChI=1S/C56H113NO3S/c1-14-20-38-49(39-21-15-2)42-34-30-26-24-28-32-36-44-51(45-37-33-29-25-27-31-35-43-50(40-22-16-3)41-23-17-4)59-52(58)53(7,8)46-54(9,10)60-55(11,12)47-56(13,61)48-57(18-5)19-6/h49-51,61H,14-48H2,1-13H3. The molecule has 61 heavy (non-hydrogen) atoms. The summed E-state index contributed by atoms with van der Waals surface area (Å²) in [6, 6.07) is 0. The van der Waals surface area contributed by atoms with Crippen LogP contribution >= 0.6 is 12.6 Å². The fourth-order valence-electron chi connectivity index (χ4n) is 10.6. The largest absolute Gasteiger partial charge is 0.462 e. The summed E-state index contributed by atoms with van der Waals surface area (Å²) >= 11 is 5.11. The van der Waals surface area contributed by atoms with Crippen molar-refractivity contribution in [3.05, 3.63) is 0 Å². The van der Waals surface area contributed by atoms with Crippen molar-refractivity contribution in [3.8, 4) is 0 Å². The van der Waals surface area contributed by atoms with Crippen LogP contribution in [0.2, 0.25) is 0 Å². The van der Waals surface area contributed by atoms with Crippen molar-refractivity contribution in [2.24, 2.45) is 17.3 Å². The van der Waals surface area contributed by atoms with Crippen molar-refractivity contribution < 1.29 is 14.3 Å². The van der Waals surface area contributed by atoms with Crippen LogP contribution in [-0.4, -0.2) is 52.6 Å². The second kappa shape index (κ2) is 35.9. The highest BCUT2D eigenvalue weighted by molar-refractivity contribution is 7.81. The number of nitrogens with zero attached hydrogens (tertiary/aromatic N) is 1. The van der Waals surface area contributed by atoms with Crippen molar-refractivity contribution in [1.82, 2.24) is 4.90 Å². The zero-order valence-corrected chi connectivity index (χ0v) is 45.0. The van der Waals surface area contributed by atoms with E-state index in [1.54, 1.807) is 0 Å². The molecule has 0 saturated heterocycles. The van der Waals surface area contributed by atoms with Gasteiger partial charge in [-0.3, -0.25) is 4.79 Å². The van der Waals surface area contributed by atoms with Crippen molar-refractivity contribution in [2.75, 3.05) is 19.6 Å². The minimum atomic E-state index is -0.637. The van der Waals surface area contributed by atoms with Gasteiger partial charge in [-0.15, -0.1) is 0 Å². The molecule has 0 radical (unpaired) electrons. The molecule has 0 aliphatic rings. The van der Waals surface area contributed by atoms with Gasteiger partial charge < -0.3 is 14.4 Å². The third kappa shape index (κ3) is 33.8. The number of hydrogen-bond donors (Lipinski definition) is 1. The zero-order valence-electron chi connectivity index (χ0n) is 44.1. The minimum Gasteiger partial charge on any atom is -0.462 e. The molecule has 0 amide bonds. The van der Waals surface area contributed by atoms with E-state index in [2.05, 4.69) is 94.9 Å². The lowest BCUT2D eigenvalue weighted by Crippen LogP contribution is -2.47. The van der Waals surface area contributed by atoms with Crippen LogP contribution in [0.4, 0.5) is 0 Å². The Kier molecular flexibility index (Phi) is 35.8. The van der Waals surface area contributed by atoms with E-state index in [0.717, 1.165) is 63.6 Å². The summed E-state index contributed by atoms with van der Waals surface area (Å²) < 4.78 is 13.2. The number of hydrogen-bond acceptors (Lipinski definition) is 5. The molecule has 0 saturated carbocycles. The molecule has 4 nitrogen and oxygen atoms in total. The van der Waals surface area contributed by atoms with E-state index >= 15 is 0 Å². The van der Waals surface area contributed by atoms with E-state index in [9.17, 15) is 4.79 Å². The third-order valence-corrected chi connectivity index (χ3v) is 14.0. The number of carbonyl (C=O) groups excluding carboxylic acids is 1. The molecule has 0 aromatic carbocycles. The number of thiol groups is 1. The highest BCUT2D eigenvalue weighted by Gasteiger charge is 2.42. The molecule has 0 aliphatic heterocycles. The van der Waals surface area contributed by atoms with Crippen LogP contribution in [0.15, 0.2) is 0 Å². The summed E-state index contributed by atoms with van der Waals surface area (Å²) in [6.45, 7) is 31.8. The molecule has 0 aromatic rings. The van der Waals surface area contributed by atoms with Crippen molar-refractivity contribution in [3.63, 3.8) is 0 Å². The Hall–Kier alpha value is -0.260. The predicted molar refractivity (Wildman–Crippen MR) is 276 cm³/mol. The summed E-state index contributed by atoms with van der Waals surface area (Å²) in [6.07, 6.45) is 41.5. The maximum absolute atomic E-state index is 14.0. The van der Waals surface area contributed by atoms with Crippen LogP contribution in [0.1, 0.15) is 295 Å². The van der Waals surface area contributed by atoms with Crippen LogP contribution in [0.25, 0.3) is 0 Å². The molecular weight excluding hydrogens is 767 g/mol. The highest BCUT2D eigenvalue weighted by Crippen LogP contribution is 2.38. The van der Waals surface area contributed by atoms with Crippen LogP contribution in [0.3, 0.4) is 0 Å². The highest BCUT2D eigenvalue weighted by atomic mass is 32.1. The Bertz CT molecular complexity index is 950. The van der Waals surface area contributed by atoms with Crippen LogP contribution in [0, 0.1) is 17.3 Å². The minimum absolute atomic E-state index is 0.0172. The number of esters is 1. The Morgan fingerprint density at radius 1 is 0.459 bits per heavy atom. The monoisotopic (exact) mass is 880 g/mol. The summed E-state index contributed by atoms with van der Waals surface area (Å²) in [7, 11) is 0. The topological polar surface area (TPSA) is 38.8 Å². The van der Waals surface area contributed by atoms with E-state index in [-0.39, 0.29) is 22.4 Å². The van der Waals surface area contributed by atoms with Crippen molar-refractivity contribution in [1.29, 1.82) is 0 Å². The van der Waals surface area contributed by atoms with Gasteiger partial charge in [-0.2, -0.15) is 12.6 Å². The first-order valence-electron chi connectivity index (χ1n) is 27.3. The smallest absolute Gasteiger partial charge is 0.311 e. The maximum atomic E-state index is 14.0. The second-order valence-electron chi connectivity index (χ2n) is 22.2. The molecule has 0 rings (SSSR count). The van der Waals surface area contributed by atoms with Gasteiger partial charge in [-0.25, -0.2) is 0 Å². The molecule has 0 aromatic heterocycles. The molecule has 0 bridgehead atoms. The maximum Gasteiger partial charge on any atom is 0.311 e. The van der Waals surface area contributed by atoms with E-state index in [0.29, 0.717) is 6.42 Å². The fraction of sp³-hybridized carbons (Fsp3) is 0.982. The van der Waals surface area contributed by atoms with Gasteiger partial charge in [0, 0.05) is 11.3 Å². The van der Waals surface area contributed by atoms with E-state index in [4.69, 9.17) is 22.1 Å². The molecule has 5 heteroatoms. The molecule has 366 valence electrons. The first-order valence-corrected chi connectivity index (χ1v) is 27.7. The summed E-state index contributed by atoms with van der Waals surface area (Å²) in [5.74, 6) is 1.86. The lowest BCUT2D eigenvalue weighted by atomic mass is 9.81. The lowest BCUT2D eigenvalue weighted by molar-refractivity contribution is -0.174. The van der Waals surface area contributed by atoms with Gasteiger partial charge in [-0.05, 0) is 112 Å². The predicted octanol–water partition coefficient (Wildman–Crippen LogP) is 18.3. The summed E-state index contributed by atoms with van der Waals surface area (Å²) in [4.78, 5) is 16.5. The van der Waals surface area contributed by atoms with Gasteiger partial charge in [-0.1, -0.05) is 208 Å². The summed E-state index contributed by atoms with van der Waals surface area (Å²) in [5, 5.41) is 0. The van der Waals surface area contributed by atoms with E-state index in [1.165, 1.54) is 167 Å². The average Bonchev–Trinajstić information content (AvgIpc) is 3.18. The molecule has 1 atom stereocenters. The van der Waals surface area contributed by atoms with Gasteiger partial charge in [0.1, 0.15) is 6.10 Å². The Morgan fingerprint density at radius 2 is 0.770 bits per heavy atom. The normalized spacial score (nSPS) is 13.9. The molecule has 0 aliphatic carbocycles. The molecule has 0 fully saturated rings. The zero-order chi connectivity index (χ0) is 46.0. The van der Waals surface area contributed by atoms with Gasteiger partial charge >= 0.3 is 5.97 Å². The van der Waals surface area contributed by atoms with Crippen LogP contribution in [-0.2, 0) is 14.3 Å². The Balaban J connectivity index is 5.18. The van der Waals surface area contributed by atoms with Crippen molar-refractivity contribution >= 4 is 18.6 Å². The van der Waals surface area contributed by atoms with E-state index < -0.39 is 11.0 Å². The Labute approximate surface area is 390 Å². The number of ether oxygens (including phenoxy) is 2. The van der Waals surface area contributed by atoms with Gasteiger partial charge in [0.15, 0.2) is 0 Å². The van der Waals surface area contributed by atoms with Gasteiger partial charge in [0.05, 0.1) is 16.6 Å². The number of carbonyl (C=O) groups is 1. The second-order valence-corrected chi connectivity index (χ2v) is 23.3. The fourth-order valence-corrected chi connectivity index (χ4v) is 11.2. The van der Waals surface area contributed by atoms with E-state index in [1.807, 2.05) is 0 Å². The number of rotatable bonds is 44. The SMILES string of the molecule is CCCCC(CCCC)CCCCCCCCCC(CCCCCCCCCC(CCCC)CCCC)OC(=O)C(C)(C)CC(C)(C)OC(C)(C)CC(C)(S)CN(CC)CC. The molecule has 1 unspecified atom stereocenters. The van der Waals surface area contributed by atoms with Crippen LogP contribution < -0.4 is 0 Å². The van der Waals surface area contributed by atoms with Crippen molar-refractivity contribution in [2.45, 2.75) is 318 Å². The molecule has 0 N–H and O–H groups in total. The van der Waals surface area contributed by atoms with Crippen LogP contribution in [0.5, 0.6) is 0 Å². The summed E-state index contributed by atoms with van der Waals surface area (Å²) in [5.41, 5.74) is -1.51. The average molecular weight is 881 g/mol. The Morgan fingerprint density at radius 3 is 1.11 bits per heavy atom.